The summed E-state index contributed by atoms with van der Waals surface area (Å²) in [6.45, 7) is 0. The molecule has 4 heteroatoms. The Bertz CT molecular complexity index is 684. The van der Waals surface area contributed by atoms with Crippen LogP contribution in [-0.2, 0) is 22.3 Å². The molecule has 1 aliphatic carbocycles. The van der Waals surface area contributed by atoms with Gasteiger partial charge in [-0.1, -0.05) is 12.1 Å². The zero-order chi connectivity index (χ0) is 15.0. The summed E-state index contributed by atoms with van der Waals surface area (Å²) in [4.78, 5) is 23.8. The van der Waals surface area contributed by atoms with Crippen LogP contribution >= 0.6 is 0 Å². The van der Waals surface area contributed by atoms with Crippen LogP contribution in [0.4, 0.5) is 0 Å². The molecule has 0 saturated heterocycles. The van der Waals surface area contributed by atoms with E-state index in [0.29, 0.717) is 0 Å². The molecule has 0 N–H and O–H groups in total. The van der Waals surface area contributed by atoms with Gasteiger partial charge in [0.15, 0.2) is 0 Å². The predicted molar refractivity (Wildman–Crippen MR) is 78.7 cm³/mol. The van der Waals surface area contributed by atoms with Gasteiger partial charge >= 0.3 is 11.9 Å². The maximum absolute atomic E-state index is 11.9. The highest BCUT2D eigenvalue weighted by Gasteiger charge is 2.20. The third kappa shape index (κ3) is 2.27. The Hall–Kier alpha value is -2.36. The molecule has 0 bridgehead atoms. The highest BCUT2D eigenvalue weighted by atomic mass is 16.5. The van der Waals surface area contributed by atoms with Crippen molar-refractivity contribution < 1.29 is 19.1 Å². The van der Waals surface area contributed by atoms with Gasteiger partial charge in [0.05, 0.1) is 25.3 Å². The monoisotopic (exact) mass is 284 g/mol. The van der Waals surface area contributed by atoms with Crippen LogP contribution in [-0.4, -0.2) is 26.2 Å². The van der Waals surface area contributed by atoms with Crippen LogP contribution in [0.2, 0.25) is 0 Å². The smallest absolute Gasteiger partial charge is 0.338 e. The average molecular weight is 284 g/mol. The molecule has 0 aromatic heterocycles. The molecule has 1 aliphatic rings. The fourth-order valence-corrected chi connectivity index (χ4v) is 2.94. The van der Waals surface area contributed by atoms with Crippen molar-refractivity contribution in [1.29, 1.82) is 0 Å². The molecular formula is C17H16O4. The molecule has 0 unspecified atom stereocenters. The van der Waals surface area contributed by atoms with Crippen molar-refractivity contribution in [3.63, 3.8) is 0 Å². The lowest BCUT2D eigenvalue weighted by Crippen LogP contribution is -2.11. The molecular weight excluding hydrogens is 268 g/mol. The van der Waals surface area contributed by atoms with Crippen LogP contribution < -0.4 is 0 Å². The van der Waals surface area contributed by atoms with E-state index >= 15 is 0 Å². The second-order valence-corrected chi connectivity index (χ2v) is 5.20. The van der Waals surface area contributed by atoms with Gasteiger partial charge in [0.2, 0.25) is 0 Å². The molecule has 0 saturated carbocycles. The SMILES string of the molecule is COC(=O)c1cc2cc3c(cc2cc1C(=O)OC)CCC3. The van der Waals surface area contributed by atoms with E-state index in [0.717, 1.165) is 30.0 Å². The summed E-state index contributed by atoms with van der Waals surface area (Å²) in [5.41, 5.74) is 3.14. The van der Waals surface area contributed by atoms with Gasteiger partial charge in [0.1, 0.15) is 0 Å². The van der Waals surface area contributed by atoms with E-state index < -0.39 is 11.9 Å². The van der Waals surface area contributed by atoms with E-state index in [1.165, 1.54) is 25.3 Å². The van der Waals surface area contributed by atoms with Crippen molar-refractivity contribution in [2.24, 2.45) is 0 Å². The minimum Gasteiger partial charge on any atom is -0.465 e. The second-order valence-electron chi connectivity index (χ2n) is 5.20. The number of ether oxygens (including phenoxy) is 2. The van der Waals surface area contributed by atoms with E-state index in [2.05, 4.69) is 12.1 Å². The standard InChI is InChI=1S/C17H16O4/c1-20-16(18)14-8-12-6-10-4-3-5-11(10)7-13(12)9-15(14)17(19)21-2/h6-9H,3-5H2,1-2H3. The third-order valence-electron chi connectivity index (χ3n) is 4.00. The minimum absolute atomic E-state index is 0.245. The zero-order valence-electron chi connectivity index (χ0n) is 12.1. The van der Waals surface area contributed by atoms with Crippen LogP contribution in [0.5, 0.6) is 0 Å². The Morgan fingerprint density at radius 3 is 1.62 bits per heavy atom. The maximum atomic E-state index is 11.9. The summed E-state index contributed by atoms with van der Waals surface area (Å²) in [5.74, 6) is -1.06. The van der Waals surface area contributed by atoms with Crippen LogP contribution in [0.25, 0.3) is 10.8 Å². The highest BCUT2D eigenvalue weighted by Crippen LogP contribution is 2.29. The van der Waals surface area contributed by atoms with Crippen molar-refractivity contribution in [1.82, 2.24) is 0 Å². The first-order valence-corrected chi connectivity index (χ1v) is 6.90. The summed E-state index contributed by atoms with van der Waals surface area (Å²) in [5, 5.41) is 1.90. The van der Waals surface area contributed by atoms with E-state index in [4.69, 9.17) is 9.47 Å². The number of benzene rings is 2. The molecule has 2 aromatic carbocycles. The molecule has 21 heavy (non-hydrogen) atoms. The van der Waals surface area contributed by atoms with Crippen LogP contribution in [0.1, 0.15) is 38.3 Å². The van der Waals surface area contributed by atoms with E-state index in [1.54, 1.807) is 12.1 Å². The molecule has 4 nitrogen and oxygen atoms in total. The molecule has 0 radical (unpaired) electrons. The van der Waals surface area contributed by atoms with Crippen molar-refractivity contribution in [2.75, 3.05) is 14.2 Å². The summed E-state index contributed by atoms with van der Waals surface area (Å²) >= 11 is 0. The van der Waals surface area contributed by atoms with Crippen molar-refractivity contribution in [3.05, 3.63) is 46.5 Å². The number of esters is 2. The third-order valence-corrected chi connectivity index (χ3v) is 4.00. The molecule has 0 atom stereocenters. The average Bonchev–Trinajstić information content (AvgIpc) is 2.96. The Morgan fingerprint density at radius 1 is 0.810 bits per heavy atom. The van der Waals surface area contributed by atoms with Gasteiger partial charge < -0.3 is 9.47 Å². The Labute approximate surface area is 122 Å². The fraction of sp³-hybridized carbons (Fsp3) is 0.294. The molecule has 0 spiro atoms. The van der Waals surface area contributed by atoms with Gasteiger partial charge in [-0.2, -0.15) is 0 Å². The van der Waals surface area contributed by atoms with Crippen molar-refractivity contribution >= 4 is 22.7 Å². The largest absolute Gasteiger partial charge is 0.465 e. The second kappa shape index (κ2) is 5.20. The molecule has 0 fully saturated rings. The molecule has 0 amide bonds. The topological polar surface area (TPSA) is 52.6 Å². The Kier molecular flexibility index (Phi) is 3.37. The van der Waals surface area contributed by atoms with Gasteiger partial charge in [0, 0.05) is 0 Å². The van der Waals surface area contributed by atoms with E-state index in [-0.39, 0.29) is 11.1 Å². The number of fused-ring (bicyclic) bond motifs is 2. The molecule has 108 valence electrons. The van der Waals surface area contributed by atoms with Gasteiger partial charge in [0.25, 0.3) is 0 Å². The minimum atomic E-state index is -0.530. The normalized spacial score (nSPS) is 13.0. The molecule has 3 rings (SSSR count). The van der Waals surface area contributed by atoms with Crippen LogP contribution in [0.15, 0.2) is 24.3 Å². The quantitative estimate of drug-likeness (QED) is 0.796. The molecule has 0 aliphatic heterocycles. The summed E-state index contributed by atoms with van der Waals surface area (Å²) in [6, 6.07) is 7.63. The van der Waals surface area contributed by atoms with Crippen LogP contribution in [0, 0.1) is 0 Å². The molecule has 2 aromatic rings. The summed E-state index contributed by atoms with van der Waals surface area (Å²) < 4.78 is 9.53. The van der Waals surface area contributed by atoms with Crippen molar-refractivity contribution in [3.8, 4) is 0 Å². The zero-order valence-corrected chi connectivity index (χ0v) is 12.1. The highest BCUT2D eigenvalue weighted by molar-refractivity contribution is 6.07. The Balaban J connectivity index is 2.25. The predicted octanol–water partition coefficient (Wildman–Crippen LogP) is 2.90. The number of methoxy groups -OCH3 is 2. The van der Waals surface area contributed by atoms with E-state index in [1.807, 2.05) is 0 Å². The van der Waals surface area contributed by atoms with Gasteiger partial charge in [-0.25, -0.2) is 9.59 Å². The first kappa shape index (κ1) is 13.6. The summed E-state index contributed by atoms with van der Waals surface area (Å²) in [7, 11) is 2.60. The van der Waals surface area contributed by atoms with Gasteiger partial charge in [-0.15, -0.1) is 0 Å². The lowest BCUT2D eigenvalue weighted by molar-refractivity contribution is 0.0555. The summed E-state index contributed by atoms with van der Waals surface area (Å²) in [6.07, 6.45) is 3.29. The number of rotatable bonds is 2. The number of hydrogen-bond donors (Lipinski definition) is 0. The molecule has 0 heterocycles. The maximum Gasteiger partial charge on any atom is 0.338 e. The Morgan fingerprint density at radius 2 is 1.24 bits per heavy atom. The van der Waals surface area contributed by atoms with Crippen LogP contribution in [0.3, 0.4) is 0 Å². The number of carbonyl (C=O) groups excluding carboxylic acids is 2. The van der Waals surface area contributed by atoms with Gasteiger partial charge in [-0.3, -0.25) is 0 Å². The van der Waals surface area contributed by atoms with E-state index in [9.17, 15) is 9.59 Å². The van der Waals surface area contributed by atoms with Gasteiger partial charge in [-0.05, 0) is 53.3 Å². The first-order valence-electron chi connectivity index (χ1n) is 6.90. The lowest BCUT2D eigenvalue weighted by atomic mass is 9.97. The number of hydrogen-bond acceptors (Lipinski definition) is 4. The lowest BCUT2D eigenvalue weighted by Gasteiger charge is -2.10. The van der Waals surface area contributed by atoms with Crippen molar-refractivity contribution in [2.45, 2.75) is 19.3 Å². The number of carbonyl (C=O) groups is 2. The first-order chi connectivity index (χ1) is 10.1. The number of aryl methyl sites for hydroxylation is 2. The fourth-order valence-electron chi connectivity index (χ4n) is 2.94.